The molecule has 3 heterocycles. The van der Waals surface area contributed by atoms with Gasteiger partial charge in [-0.05, 0) is 30.5 Å². The maximum atomic E-state index is 12.5. The number of thiazole rings is 1. The Morgan fingerprint density at radius 3 is 2.71 bits per heavy atom. The number of nitrogens with two attached hydrogens (primary N) is 1. The Balaban J connectivity index is 1.43. The van der Waals surface area contributed by atoms with Crippen molar-refractivity contribution >= 4 is 39.1 Å². The van der Waals surface area contributed by atoms with E-state index in [1.54, 1.807) is 6.20 Å². The fourth-order valence-electron chi connectivity index (χ4n) is 3.58. The molecule has 1 aliphatic rings. The smallest absolute Gasteiger partial charge is 0.270 e. The summed E-state index contributed by atoms with van der Waals surface area (Å²) in [5, 5.41) is 7.53. The van der Waals surface area contributed by atoms with Crippen LogP contribution in [0.4, 0.5) is 16.0 Å². The first-order valence-electron chi connectivity index (χ1n) is 10.2. The second kappa shape index (κ2) is 9.57. The normalized spacial score (nSPS) is 16.0. The van der Waals surface area contributed by atoms with Crippen LogP contribution in [-0.2, 0) is 11.2 Å². The van der Waals surface area contributed by atoms with Crippen LogP contribution in [0.25, 0.3) is 0 Å². The summed E-state index contributed by atoms with van der Waals surface area (Å²) in [5.74, 6) is 0.0306. The number of nitrogens with one attached hydrogen (secondary N) is 2. The van der Waals surface area contributed by atoms with E-state index >= 15 is 0 Å². The molecule has 4 N–H and O–H groups in total. The monoisotopic (exact) mass is 436 g/mol. The van der Waals surface area contributed by atoms with Crippen LogP contribution in [0.2, 0.25) is 0 Å². The number of carbonyl (C=O) groups is 2. The van der Waals surface area contributed by atoms with Gasteiger partial charge < -0.3 is 21.3 Å². The molecule has 2 amide bonds. The zero-order valence-electron chi connectivity index (χ0n) is 17.0. The maximum absolute atomic E-state index is 12.5. The van der Waals surface area contributed by atoms with Gasteiger partial charge in [0.25, 0.3) is 5.91 Å². The molecule has 3 aromatic rings. The van der Waals surface area contributed by atoms with E-state index in [4.69, 9.17) is 5.73 Å². The van der Waals surface area contributed by atoms with Crippen molar-refractivity contribution in [1.29, 1.82) is 0 Å². The highest BCUT2D eigenvalue weighted by Gasteiger charge is 2.26. The molecule has 0 saturated carbocycles. The third kappa shape index (κ3) is 5.37. The van der Waals surface area contributed by atoms with Crippen molar-refractivity contribution in [3.05, 3.63) is 66.0 Å². The first kappa shape index (κ1) is 20.8. The van der Waals surface area contributed by atoms with Gasteiger partial charge in [-0.3, -0.25) is 9.59 Å². The first-order chi connectivity index (χ1) is 15.1. The van der Waals surface area contributed by atoms with Crippen LogP contribution < -0.4 is 21.3 Å². The third-order valence-electron chi connectivity index (χ3n) is 5.02. The summed E-state index contributed by atoms with van der Waals surface area (Å²) < 4.78 is 0. The number of pyridine rings is 1. The second-order valence-corrected chi connectivity index (χ2v) is 8.37. The van der Waals surface area contributed by atoms with Crippen molar-refractivity contribution in [3.8, 4) is 0 Å². The van der Waals surface area contributed by atoms with E-state index in [1.165, 1.54) is 11.3 Å². The van der Waals surface area contributed by atoms with Gasteiger partial charge >= 0.3 is 0 Å². The molecule has 0 aliphatic carbocycles. The Labute approximate surface area is 184 Å². The molecule has 0 radical (unpaired) electrons. The summed E-state index contributed by atoms with van der Waals surface area (Å²) in [7, 11) is 0. The highest BCUT2D eigenvalue weighted by Crippen LogP contribution is 2.34. The fourth-order valence-corrected chi connectivity index (χ4v) is 4.59. The van der Waals surface area contributed by atoms with Crippen LogP contribution >= 0.6 is 11.3 Å². The van der Waals surface area contributed by atoms with Gasteiger partial charge in [0.15, 0.2) is 10.8 Å². The van der Waals surface area contributed by atoms with Gasteiger partial charge in [-0.1, -0.05) is 47.7 Å². The maximum Gasteiger partial charge on any atom is 0.270 e. The lowest BCUT2D eigenvalue weighted by Gasteiger charge is -2.33. The number of amides is 2. The zero-order valence-corrected chi connectivity index (χ0v) is 17.8. The van der Waals surface area contributed by atoms with Crippen molar-refractivity contribution in [3.63, 3.8) is 0 Å². The van der Waals surface area contributed by atoms with E-state index in [0.717, 1.165) is 24.9 Å². The first-order valence-corrected chi connectivity index (χ1v) is 11.0. The average Bonchev–Trinajstić information content (AvgIpc) is 3.19. The SMILES string of the molecule is NC(=O)c1nc(N2CCC[C@@H](NC(=O)Cc3ccccc3)C2)sc1Nc1ccccn1. The quantitative estimate of drug-likeness (QED) is 0.525. The molecule has 1 aromatic carbocycles. The number of aromatic nitrogens is 2. The molecule has 0 bridgehead atoms. The molecular weight excluding hydrogens is 412 g/mol. The van der Waals surface area contributed by atoms with E-state index in [-0.39, 0.29) is 17.6 Å². The zero-order chi connectivity index (χ0) is 21.6. The third-order valence-corrected chi connectivity index (χ3v) is 6.05. The van der Waals surface area contributed by atoms with Crippen molar-refractivity contribution in [2.24, 2.45) is 5.73 Å². The van der Waals surface area contributed by atoms with E-state index < -0.39 is 5.91 Å². The van der Waals surface area contributed by atoms with E-state index in [2.05, 4.69) is 25.5 Å². The molecule has 1 fully saturated rings. The standard InChI is InChI=1S/C22H24N6O2S/c23-20(30)19-21(26-17-10-4-5-11-24-17)31-22(27-19)28-12-6-9-16(14-28)25-18(29)13-15-7-2-1-3-8-15/h1-5,7-8,10-11,16H,6,9,12-14H2,(H2,23,30)(H,24,26)(H,25,29)/t16-/m1/s1. The number of carbonyl (C=O) groups excluding carboxylic acids is 2. The lowest BCUT2D eigenvalue weighted by molar-refractivity contribution is -0.121. The number of rotatable bonds is 7. The van der Waals surface area contributed by atoms with Crippen molar-refractivity contribution in [1.82, 2.24) is 15.3 Å². The predicted molar refractivity (Wildman–Crippen MR) is 122 cm³/mol. The lowest BCUT2D eigenvalue weighted by atomic mass is 10.1. The molecule has 2 aromatic heterocycles. The lowest BCUT2D eigenvalue weighted by Crippen LogP contribution is -2.48. The Kier molecular flexibility index (Phi) is 6.42. The summed E-state index contributed by atoms with van der Waals surface area (Å²) >= 11 is 1.36. The van der Waals surface area contributed by atoms with Crippen molar-refractivity contribution in [2.75, 3.05) is 23.3 Å². The average molecular weight is 437 g/mol. The summed E-state index contributed by atoms with van der Waals surface area (Å²) in [6, 6.07) is 15.2. The molecule has 0 unspecified atom stereocenters. The Morgan fingerprint density at radius 1 is 1.16 bits per heavy atom. The fraction of sp³-hybridized carbons (Fsp3) is 0.273. The number of anilines is 3. The summed E-state index contributed by atoms with van der Waals surface area (Å²) in [6.45, 7) is 1.44. The molecule has 1 aliphatic heterocycles. The number of hydrogen-bond donors (Lipinski definition) is 3. The van der Waals surface area contributed by atoms with Gasteiger partial charge in [-0.2, -0.15) is 0 Å². The van der Waals surface area contributed by atoms with E-state index in [0.29, 0.717) is 28.9 Å². The summed E-state index contributed by atoms with van der Waals surface area (Å²) in [5.41, 5.74) is 6.73. The van der Waals surface area contributed by atoms with Gasteiger partial charge in [-0.15, -0.1) is 0 Å². The molecule has 9 heteroatoms. The van der Waals surface area contributed by atoms with E-state index in [1.807, 2.05) is 48.5 Å². The molecule has 0 spiro atoms. The topological polar surface area (TPSA) is 113 Å². The largest absolute Gasteiger partial charge is 0.364 e. The number of nitrogens with zero attached hydrogens (tertiary/aromatic N) is 3. The van der Waals surface area contributed by atoms with Crippen LogP contribution in [-0.4, -0.2) is 40.9 Å². The molecule has 1 saturated heterocycles. The predicted octanol–water partition coefficient (Wildman–Crippen LogP) is 2.71. The minimum absolute atomic E-state index is 0.00696. The molecule has 160 valence electrons. The van der Waals surface area contributed by atoms with Crippen LogP contribution in [0.1, 0.15) is 28.9 Å². The number of hydrogen-bond acceptors (Lipinski definition) is 7. The van der Waals surface area contributed by atoms with Crippen LogP contribution in [0, 0.1) is 0 Å². The Hall–Kier alpha value is -3.46. The molecule has 4 rings (SSSR count). The van der Waals surface area contributed by atoms with Gasteiger partial charge in [0, 0.05) is 25.3 Å². The van der Waals surface area contributed by atoms with Crippen molar-refractivity contribution < 1.29 is 9.59 Å². The highest BCUT2D eigenvalue weighted by atomic mass is 32.1. The number of primary amides is 1. The Morgan fingerprint density at radius 2 is 1.97 bits per heavy atom. The minimum atomic E-state index is -0.592. The van der Waals surface area contributed by atoms with Crippen molar-refractivity contribution in [2.45, 2.75) is 25.3 Å². The summed E-state index contributed by atoms with van der Waals surface area (Å²) in [4.78, 5) is 35.2. The summed E-state index contributed by atoms with van der Waals surface area (Å²) in [6.07, 6.45) is 3.86. The number of piperidine rings is 1. The molecule has 31 heavy (non-hydrogen) atoms. The molecule has 8 nitrogen and oxygen atoms in total. The highest BCUT2D eigenvalue weighted by molar-refractivity contribution is 7.20. The van der Waals surface area contributed by atoms with Gasteiger partial charge in [-0.25, -0.2) is 9.97 Å². The van der Waals surface area contributed by atoms with Gasteiger partial charge in [0.1, 0.15) is 10.8 Å². The van der Waals surface area contributed by atoms with Crippen LogP contribution in [0.15, 0.2) is 54.7 Å². The van der Waals surface area contributed by atoms with Gasteiger partial charge in [0.05, 0.1) is 6.42 Å². The van der Waals surface area contributed by atoms with Crippen LogP contribution in [0.5, 0.6) is 0 Å². The Bertz CT molecular complexity index is 1040. The molecule has 1 atom stereocenters. The molecular formula is C22H24N6O2S. The van der Waals surface area contributed by atoms with Gasteiger partial charge in [0.2, 0.25) is 5.91 Å². The van der Waals surface area contributed by atoms with Crippen LogP contribution in [0.3, 0.4) is 0 Å². The second-order valence-electron chi connectivity index (χ2n) is 7.39. The number of benzene rings is 1. The van der Waals surface area contributed by atoms with E-state index in [9.17, 15) is 9.59 Å². The minimum Gasteiger partial charge on any atom is -0.364 e.